The lowest BCUT2D eigenvalue weighted by molar-refractivity contribution is -0.137. The summed E-state index contributed by atoms with van der Waals surface area (Å²) in [6.45, 7) is 0.0733. The van der Waals surface area contributed by atoms with Crippen LogP contribution >= 0.6 is 0 Å². The summed E-state index contributed by atoms with van der Waals surface area (Å²) in [5, 5.41) is 5.32. The second-order valence-corrected chi connectivity index (χ2v) is 8.22. The largest absolute Gasteiger partial charge is 0.457 e. The first-order chi connectivity index (χ1) is 18.2. The Morgan fingerprint density at radius 1 is 1.05 bits per heavy atom. The Labute approximate surface area is 212 Å². The van der Waals surface area contributed by atoms with E-state index in [4.69, 9.17) is 4.74 Å². The minimum absolute atomic E-state index is 0.0733. The maximum Gasteiger partial charge on any atom is 0.416 e. The van der Waals surface area contributed by atoms with Gasteiger partial charge in [-0.2, -0.15) is 13.2 Å². The topological polar surface area (TPSA) is 98.9 Å². The van der Waals surface area contributed by atoms with E-state index < -0.39 is 17.6 Å². The summed E-state index contributed by atoms with van der Waals surface area (Å²) < 4.78 is 62.5. The van der Waals surface area contributed by atoms with Gasteiger partial charge in [0, 0.05) is 37.8 Å². The van der Waals surface area contributed by atoms with Gasteiger partial charge in [0.2, 0.25) is 11.9 Å². The highest BCUT2D eigenvalue weighted by Gasteiger charge is 2.31. The van der Waals surface area contributed by atoms with Crippen molar-refractivity contribution in [3.8, 4) is 11.5 Å². The zero-order valence-corrected chi connectivity index (χ0v) is 19.7. The molecule has 5 aromatic rings. The van der Waals surface area contributed by atoms with Crippen molar-refractivity contribution in [3.05, 3.63) is 84.8 Å². The molecule has 0 saturated heterocycles. The van der Waals surface area contributed by atoms with Crippen LogP contribution in [0.25, 0.3) is 11.0 Å². The number of aryl methyl sites for hydroxylation is 1. The quantitative estimate of drug-likeness (QED) is 0.273. The van der Waals surface area contributed by atoms with E-state index in [0.29, 0.717) is 40.5 Å². The number of hydrogen-bond donors (Lipinski definition) is 2. The molecule has 9 nitrogen and oxygen atoms in total. The van der Waals surface area contributed by atoms with Crippen molar-refractivity contribution in [1.29, 1.82) is 0 Å². The molecule has 0 saturated carbocycles. The number of anilines is 3. The molecule has 0 aliphatic rings. The number of rotatable bonds is 7. The average molecular weight is 525 g/mol. The van der Waals surface area contributed by atoms with E-state index in [0.717, 1.165) is 6.07 Å². The van der Waals surface area contributed by atoms with Gasteiger partial charge < -0.3 is 24.5 Å². The van der Waals surface area contributed by atoms with Gasteiger partial charge >= 0.3 is 6.18 Å². The van der Waals surface area contributed by atoms with Crippen LogP contribution in [0.15, 0.2) is 73.4 Å². The third-order valence-corrected chi connectivity index (χ3v) is 5.51. The van der Waals surface area contributed by atoms with E-state index in [2.05, 4.69) is 25.6 Å². The highest BCUT2D eigenvalue weighted by molar-refractivity contribution is 5.89. The molecular weight excluding hydrogens is 506 g/mol. The zero-order valence-electron chi connectivity index (χ0n) is 19.7. The van der Waals surface area contributed by atoms with E-state index in [1.54, 1.807) is 58.9 Å². The molecule has 3 aromatic heterocycles. The van der Waals surface area contributed by atoms with Crippen LogP contribution in [0.1, 0.15) is 5.56 Å². The molecule has 0 fully saturated rings. The van der Waals surface area contributed by atoms with Crippen molar-refractivity contribution in [2.75, 3.05) is 10.6 Å². The summed E-state index contributed by atoms with van der Waals surface area (Å²) in [7, 11) is 1.64. The number of benzene rings is 2. The average Bonchev–Trinajstić information content (AvgIpc) is 3.47. The normalized spacial score (nSPS) is 11.5. The molecule has 2 aromatic carbocycles. The molecule has 0 atom stereocenters. The van der Waals surface area contributed by atoms with Crippen molar-refractivity contribution in [2.45, 2.75) is 12.7 Å². The number of carbonyl (C=O) groups is 1. The molecule has 13 heteroatoms. The van der Waals surface area contributed by atoms with E-state index in [1.807, 2.05) is 0 Å². The van der Waals surface area contributed by atoms with Gasteiger partial charge in [0.15, 0.2) is 0 Å². The molecule has 0 unspecified atom stereocenters. The lowest BCUT2D eigenvalue weighted by Crippen LogP contribution is -2.18. The number of alkyl halides is 3. The SMILES string of the molecule is Cn1c(Nc2cc(C(F)(F)F)ccc2F)nc2cc(Oc3ccnc(NC(=O)Cn4ccnc4)c3)ccc21. The molecule has 0 spiro atoms. The van der Waals surface area contributed by atoms with Crippen LogP contribution in [-0.4, -0.2) is 30.0 Å². The molecular formula is C25H19F4N7O2. The summed E-state index contributed by atoms with van der Waals surface area (Å²) in [6.07, 6.45) is 1.63. The molecule has 2 N–H and O–H groups in total. The molecule has 1 amide bonds. The zero-order chi connectivity index (χ0) is 26.9. The lowest BCUT2D eigenvalue weighted by Gasteiger charge is -2.11. The molecule has 0 aliphatic heterocycles. The van der Waals surface area contributed by atoms with Crippen molar-refractivity contribution in [2.24, 2.45) is 7.05 Å². The van der Waals surface area contributed by atoms with Gasteiger partial charge in [-0.1, -0.05) is 0 Å². The highest BCUT2D eigenvalue weighted by atomic mass is 19.4. The summed E-state index contributed by atoms with van der Waals surface area (Å²) in [4.78, 5) is 24.6. The van der Waals surface area contributed by atoms with Crippen molar-refractivity contribution in [3.63, 3.8) is 0 Å². The standard InChI is InChI=1S/C25H19F4N7O2/c1-35-21-5-3-16(38-17-6-7-31-22(12-17)34-23(37)13-36-9-8-30-14-36)11-20(21)33-24(35)32-19-10-15(25(27,28)29)2-4-18(19)26/h2-12,14H,13H2,1H3,(H,32,33)(H,31,34,37). The lowest BCUT2D eigenvalue weighted by atomic mass is 10.2. The van der Waals surface area contributed by atoms with Crippen LogP contribution in [0, 0.1) is 5.82 Å². The second kappa shape index (κ2) is 9.84. The Bertz CT molecular complexity index is 1610. The number of pyridine rings is 1. The maximum absolute atomic E-state index is 14.2. The summed E-state index contributed by atoms with van der Waals surface area (Å²) in [6, 6.07) is 10.3. The van der Waals surface area contributed by atoms with Gasteiger partial charge in [-0.3, -0.25) is 4.79 Å². The molecule has 0 bridgehead atoms. The molecule has 5 rings (SSSR count). The number of hydrogen-bond acceptors (Lipinski definition) is 6. The minimum atomic E-state index is -4.61. The molecule has 38 heavy (non-hydrogen) atoms. The van der Waals surface area contributed by atoms with Crippen molar-refractivity contribution >= 4 is 34.4 Å². The minimum Gasteiger partial charge on any atom is -0.457 e. The van der Waals surface area contributed by atoms with Crippen LogP contribution in [0.2, 0.25) is 0 Å². The summed E-state index contributed by atoms with van der Waals surface area (Å²) >= 11 is 0. The van der Waals surface area contributed by atoms with Gasteiger partial charge in [-0.15, -0.1) is 0 Å². The third kappa shape index (κ3) is 5.40. The number of fused-ring (bicyclic) bond motifs is 1. The third-order valence-electron chi connectivity index (χ3n) is 5.51. The number of ether oxygens (including phenoxy) is 1. The predicted molar refractivity (Wildman–Crippen MR) is 131 cm³/mol. The second-order valence-electron chi connectivity index (χ2n) is 8.22. The van der Waals surface area contributed by atoms with Gasteiger partial charge in [0.25, 0.3) is 0 Å². The number of carbonyl (C=O) groups excluding carboxylic acids is 1. The van der Waals surface area contributed by atoms with Crippen molar-refractivity contribution in [1.82, 2.24) is 24.1 Å². The van der Waals surface area contributed by atoms with Crippen LogP contribution in [0.3, 0.4) is 0 Å². The fraction of sp³-hybridized carbons (Fsp3) is 0.120. The molecule has 194 valence electrons. The first-order valence-electron chi connectivity index (χ1n) is 11.2. The number of nitrogens with one attached hydrogen (secondary N) is 2. The van der Waals surface area contributed by atoms with Crippen LogP contribution < -0.4 is 15.4 Å². The van der Waals surface area contributed by atoms with E-state index in [1.165, 1.54) is 12.5 Å². The number of halogens is 4. The van der Waals surface area contributed by atoms with Gasteiger partial charge in [0.1, 0.15) is 29.7 Å². The van der Waals surface area contributed by atoms with E-state index in [-0.39, 0.29) is 24.1 Å². The van der Waals surface area contributed by atoms with Crippen LogP contribution in [-0.2, 0) is 24.6 Å². The van der Waals surface area contributed by atoms with Gasteiger partial charge in [-0.25, -0.2) is 19.3 Å². The van der Waals surface area contributed by atoms with E-state index >= 15 is 0 Å². The first-order valence-corrected chi connectivity index (χ1v) is 11.2. The number of aromatic nitrogens is 5. The monoisotopic (exact) mass is 525 g/mol. The number of nitrogens with zero attached hydrogens (tertiary/aromatic N) is 5. The Kier molecular flexibility index (Phi) is 6.41. The van der Waals surface area contributed by atoms with E-state index in [9.17, 15) is 22.4 Å². The molecule has 3 heterocycles. The molecule has 0 aliphatic carbocycles. The fourth-order valence-electron chi connectivity index (χ4n) is 3.68. The van der Waals surface area contributed by atoms with Gasteiger partial charge in [-0.05, 0) is 36.4 Å². The Hall–Kier alpha value is -4.94. The Morgan fingerprint density at radius 3 is 2.63 bits per heavy atom. The van der Waals surface area contributed by atoms with Crippen molar-refractivity contribution < 1.29 is 27.1 Å². The Morgan fingerprint density at radius 2 is 1.87 bits per heavy atom. The fourth-order valence-corrected chi connectivity index (χ4v) is 3.68. The van der Waals surface area contributed by atoms with Crippen LogP contribution in [0.5, 0.6) is 11.5 Å². The summed E-state index contributed by atoms with van der Waals surface area (Å²) in [5.74, 6) is 0.106. The summed E-state index contributed by atoms with van der Waals surface area (Å²) in [5.41, 5.74) is -0.239. The van der Waals surface area contributed by atoms with Crippen LogP contribution in [0.4, 0.5) is 35.0 Å². The number of amides is 1. The van der Waals surface area contributed by atoms with Gasteiger partial charge in [0.05, 0.1) is 28.6 Å². The predicted octanol–water partition coefficient (Wildman–Crippen LogP) is 5.50. The highest BCUT2D eigenvalue weighted by Crippen LogP contribution is 2.33. The molecule has 0 radical (unpaired) electrons. The maximum atomic E-state index is 14.2. The first kappa shape index (κ1) is 24.7. The Balaban J connectivity index is 1.33. The smallest absolute Gasteiger partial charge is 0.416 e. The number of imidazole rings is 2.